The molecule has 3 heterocycles. The van der Waals surface area contributed by atoms with E-state index in [1.807, 2.05) is 6.07 Å². The van der Waals surface area contributed by atoms with Crippen LogP contribution in [0.5, 0.6) is 5.75 Å². The highest BCUT2D eigenvalue weighted by Crippen LogP contribution is 2.34. The molecule has 24 heavy (non-hydrogen) atoms. The third kappa shape index (κ3) is 3.35. The second-order valence-electron chi connectivity index (χ2n) is 6.29. The molecule has 3 rings (SSSR count). The van der Waals surface area contributed by atoms with Gasteiger partial charge in [-0.15, -0.1) is 0 Å². The average Bonchev–Trinajstić information content (AvgIpc) is 2.96. The summed E-state index contributed by atoms with van der Waals surface area (Å²) in [6.45, 7) is 3.64. The summed E-state index contributed by atoms with van der Waals surface area (Å²) in [4.78, 5) is 11.5. The maximum Gasteiger partial charge on any atom is 0.267 e. The number of ether oxygens (including phenoxy) is 1. The summed E-state index contributed by atoms with van der Waals surface area (Å²) in [6.07, 6.45) is 2.01. The SMILES string of the molecule is CC(C)(N)COc1cnc(-c2c[nH]c3ncccc23)cc1C(F)F. The summed E-state index contributed by atoms with van der Waals surface area (Å²) in [5, 5.41) is 0.821. The average molecular weight is 332 g/mol. The Labute approximate surface area is 137 Å². The Morgan fingerprint density at radius 3 is 2.83 bits per heavy atom. The number of hydrogen-bond acceptors (Lipinski definition) is 4. The number of nitrogens with zero attached hydrogens (tertiary/aromatic N) is 2. The fraction of sp³-hybridized carbons (Fsp3) is 0.294. The van der Waals surface area contributed by atoms with Gasteiger partial charge >= 0.3 is 0 Å². The molecular formula is C17H18F2N4O. The molecule has 0 aliphatic rings. The van der Waals surface area contributed by atoms with Gasteiger partial charge in [-0.05, 0) is 32.0 Å². The van der Waals surface area contributed by atoms with Crippen molar-refractivity contribution in [3.05, 3.63) is 42.4 Å². The van der Waals surface area contributed by atoms with E-state index in [0.29, 0.717) is 16.9 Å². The van der Waals surface area contributed by atoms with Crippen LogP contribution in [0, 0.1) is 0 Å². The Morgan fingerprint density at radius 1 is 1.33 bits per heavy atom. The second-order valence-corrected chi connectivity index (χ2v) is 6.29. The molecule has 0 aliphatic carbocycles. The van der Waals surface area contributed by atoms with Crippen LogP contribution in [0.3, 0.4) is 0 Å². The molecule has 126 valence electrons. The number of nitrogens with one attached hydrogen (secondary N) is 1. The lowest BCUT2D eigenvalue weighted by Gasteiger charge is -2.20. The number of pyridine rings is 2. The highest BCUT2D eigenvalue weighted by molar-refractivity contribution is 5.92. The number of nitrogens with two attached hydrogens (primary N) is 1. The van der Waals surface area contributed by atoms with Crippen molar-refractivity contribution in [1.82, 2.24) is 15.0 Å². The molecule has 0 fully saturated rings. The third-order valence-corrected chi connectivity index (χ3v) is 3.46. The van der Waals surface area contributed by atoms with Crippen molar-refractivity contribution in [3.63, 3.8) is 0 Å². The molecule has 3 aromatic rings. The Morgan fingerprint density at radius 2 is 2.12 bits per heavy atom. The van der Waals surface area contributed by atoms with E-state index >= 15 is 0 Å². The first kappa shape index (κ1) is 16.3. The van der Waals surface area contributed by atoms with Gasteiger partial charge < -0.3 is 15.5 Å². The van der Waals surface area contributed by atoms with Gasteiger partial charge in [0.05, 0.1) is 17.5 Å². The summed E-state index contributed by atoms with van der Waals surface area (Å²) < 4.78 is 32.3. The maximum absolute atomic E-state index is 13.4. The number of rotatable bonds is 5. The number of H-pyrrole nitrogens is 1. The highest BCUT2D eigenvalue weighted by atomic mass is 19.3. The van der Waals surface area contributed by atoms with Gasteiger partial charge in [0.15, 0.2) is 0 Å². The van der Waals surface area contributed by atoms with Crippen molar-refractivity contribution >= 4 is 11.0 Å². The van der Waals surface area contributed by atoms with E-state index in [4.69, 9.17) is 10.5 Å². The van der Waals surface area contributed by atoms with Crippen LogP contribution in [-0.2, 0) is 0 Å². The summed E-state index contributed by atoms with van der Waals surface area (Å²) >= 11 is 0. The minimum absolute atomic E-state index is 0.0465. The number of halogens is 2. The zero-order valence-electron chi connectivity index (χ0n) is 13.4. The summed E-state index contributed by atoms with van der Waals surface area (Å²) in [5.74, 6) is 0.0465. The summed E-state index contributed by atoms with van der Waals surface area (Å²) in [6, 6.07) is 4.99. The van der Waals surface area contributed by atoms with E-state index in [1.165, 1.54) is 12.3 Å². The standard InChI is InChI=1S/C17H18F2N4O/c1-17(2,20)9-24-14-8-22-13(6-11(14)15(18)19)12-7-23-16-10(12)4-3-5-21-16/h3-8,15H,9,20H2,1-2H3,(H,21,23). The number of aromatic amines is 1. The lowest BCUT2D eigenvalue weighted by atomic mass is 10.1. The van der Waals surface area contributed by atoms with E-state index in [0.717, 1.165) is 5.39 Å². The minimum atomic E-state index is -2.68. The molecule has 0 radical (unpaired) electrons. The molecule has 7 heteroatoms. The first-order valence-electron chi connectivity index (χ1n) is 7.47. The molecule has 0 aromatic carbocycles. The quantitative estimate of drug-likeness (QED) is 0.747. The van der Waals surface area contributed by atoms with Gasteiger partial charge in [0, 0.05) is 28.9 Å². The van der Waals surface area contributed by atoms with Crippen LogP contribution >= 0.6 is 0 Å². The van der Waals surface area contributed by atoms with Gasteiger partial charge in [-0.2, -0.15) is 0 Å². The van der Waals surface area contributed by atoms with Crippen LogP contribution in [0.2, 0.25) is 0 Å². The van der Waals surface area contributed by atoms with Gasteiger partial charge in [0.1, 0.15) is 18.0 Å². The largest absolute Gasteiger partial charge is 0.490 e. The zero-order chi connectivity index (χ0) is 17.3. The highest BCUT2D eigenvalue weighted by Gasteiger charge is 2.20. The Kier molecular flexibility index (Phi) is 4.19. The first-order valence-corrected chi connectivity index (χ1v) is 7.47. The van der Waals surface area contributed by atoms with Crippen molar-refractivity contribution < 1.29 is 13.5 Å². The van der Waals surface area contributed by atoms with Gasteiger partial charge in [-0.25, -0.2) is 13.8 Å². The summed E-state index contributed by atoms with van der Waals surface area (Å²) in [7, 11) is 0. The lowest BCUT2D eigenvalue weighted by molar-refractivity contribution is 0.142. The second kappa shape index (κ2) is 6.16. The van der Waals surface area contributed by atoms with Crippen LogP contribution in [0.1, 0.15) is 25.8 Å². The first-order chi connectivity index (χ1) is 11.3. The van der Waals surface area contributed by atoms with Gasteiger partial charge in [-0.3, -0.25) is 4.98 Å². The van der Waals surface area contributed by atoms with Gasteiger partial charge in [-0.1, -0.05) is 0 Å². The molecule has 3 aromatic heterocycles. The van der Waals surface area contributed by atoms with Crippen LogP contribution in [0.4, 0.5) is 8.78 Å². The molecule has 0 saturated heterocycles. The maximum atomic E-state index is 13.4. The van der Waals surface area contributed by atoms with Crippen LogP contribution < -0.4 is 10.5 Å². The molecule has 0 aliphatic heterocycles. The Hall–Kier alpha value is -2.54. The van der Waals surface area contributed by atoms with Crippen molar-refractivity contribution in [2.24, 2.45) is 5.73 Å². The summed E-state index contributed by atoms with van der Waals surface area (Å²) in [5.41, 5.74) is 6.83. The van der Waals surface area contributed by atoms with Crippen LogP contribution in [0.15, 0.2) is 36.8 Å². The van der Waals surface area contributed by atoms with Gasteiger partial charge in [0.2, 0.25) is 0 Å². The molecule has 0 saturated carbocycles. The third-order valence-electron chi connectivity index (χ3n) is 3.46. The van der Waals surface area contributed by atoms with Crippen LogP contribution in [-0.4, -0.2) is 27.1 Å². The normalized spacial score (nSPS) is 12.1. The van der Waals surface area contributed by atoms with E-state index < -0.39 is 12.0 Å². The Bertz CT molecular complexity index is 855. The smallest absolute Gasteiger partial charge is 0.267 e. The van der Waals surface area contributed by atoms with E-state index in [-0.39, 0.29) is 17.9 Å². The Balaban J connectivity index is 2.00. The zero-order valence-corrected chi connectivity index (χ0v) is 13.4. The van der Waals surface area contributed by atoms with Gasteiger partial charge in [0.25, 0.3) is 6.43 Å². The van der Waals surface area contributed by atoms with Crippen molar-refractivity contribution in [1.29, 1.82) is 0 Å². The van der Waals surface area contributed by atoms with E-state index in [2.05, 4.69) is 15.0 Å². The fourth-order valence-electron chi connectivity index (χ4n) is 2.33. The molecule has 0 unspecified atom stereocenters. The lowest BCUT2D eigenvalue weighted by Crippen LogP contribution is -2.38. The topological polar surface area (TPSA) is 76.8 Å². The predicted molar refractivity (Wildman–Crippen MR) is 88.0 cm³/mol. The molecule has 0 atom stereocenters. The molecule has 3 N–H and O–H groups in total. The van der Waals surface area contributed by atoms with Crippen LogP contribution in [0.25, 0.3) is 22.3 Å². The molecule has 0 amide bonds. The fourth-order valence-corrected chi connectivity index (χ4v) is 2.33. The van der Waals surface area contributed by atoms with E-state index in [1.54, 1.807) is 32.3 Å². The van der Waals surface area contributed by atoms with Crippen molar-refractivity contribution in [2.45, 2.75) is 25.8 Å². The van der Waals surface area contributed by atoms with Crippen molar-refractivity contribution in [3.8, 4) is 17.0 Å². The molecule has 5 nitrogen and oxygen atoms in total. The molecular weight excluding hydrogens is 314 g/mol. The monoisotopic (exact) mass is 332 g/mol. The number of alkyl halides is 2. The number of hydrogen-bond donors (Lipinski definition) is 2. The molecule has 0 spiro atoms. The molecule has 0 bridgehead atoms. The van der Waals surface area contributed by atoms with Crippen molar-refractivity contribution in [2.75, 3.05) is 6.61 Å². The minimum Gasteiger partial charge on any atom is -0.490 e. The van der Waals surface area contributed by atoms with E-state index in [9.17, 15) is 8.78 Å². The number of fused-ring (bicyclic) bond motifs is 1. The predicted octanol–water partition coefficient (Wildman–Crippen LogP) is 3.68. The number of aromatic nitrogens is 3.